The number of hydrogen-bond acceptors (Lipinski definition) is 4. The number of rotatable bonds is 8. The van der Waals surface area contributed by atoms with Gasteiger partial charge >= 0.3 is 6.18 Å². The molecule has 0 aliphatic rings. The van der Waals surface area contributed by atoms with E-state index in [0.29, 0.717) is 10.5 Å². The predicted molar refractivity (Wildman–Crippen MR) is 89.5 cm³/mol. The van der Waals surface area contributed by atoms with E-state index in [1.54, 1.807) is 13.1 Å². The molecule has 5 nitrogen and oxygen atoms in total. The van der Waals surface area contributed by atoms with Crippen LogP contribution in [0.15, 0.2) is 41.0 Å². The second-order valence-electron chi connectivity index (χ2n) is 6.09. The lowest BCUT2D eigenvalue weighted by Gasteiger charge is -2.26. The molecule has 0 radical (unpaired) electrons. The summed E-state index contributed by atoms with van der Waals surface area (Å²) in [6, 6.07) is 7.37. The Morgan fingerprint density at radius 3 is 2.52 bits per heavy atom. The van der Waals surface area contributed by atoms with Crippen molar-refractivity contribution in [1.82, 2.24) is 9.80 Å². The van der Waals surface area contributed by atoms with Crippen LogP contribution in [-0.2, 0) is 17.9 Å². The smallest absolute Gasteiger partial charge is 0.406 e. The summed E-state index contributed by atoms with van der Waals surface area (Å²) < 4.78 is 62.0. The van der Waals surface area contributed by atoms with Crippen molar-refractivity contribution in [3.8, 4) is 5.75 Å². The van der Waals surface area contributed by atoms with E-state index in [-0.39, 0.29) is 31.1 Å². The van der Waals surface area contributed by atoms with Gasteiger partial charge in [0.25, 0.3) is 0 Å². The predicted octanol–water partition coefficient (Wildman–Crippen LogP) is 3.45. The Morgan fingerprint density at radius 1 is 1.22 bits per heavy atom. The van der Waals surface area contributed by atoms with Gasteiger partial charge in [0.1, 0.15) is 12.3 Å². The third-order valence-corrected chi connectivity index (χ3v) is 3.72. The number of benzene rings is 1. The van der Waals surface area contributed by atoms with Crippen LogP contribution in [0.5, 0.6) is 5.75 Å². The summed E-state index contributed by atoms with van der Waals surface area (Å²) in [7, 11) is 2.91. The topological polar surface area (TPSA) is 45.9 Å². The Labute approximate surface area is 154 Å². The van der Waals surface area contributed by atoms with Gasteiger partial charge in [-0.3, -0.25) is 9.69 Å². The van der Waals surface area contributed by atoms with Gasteiger partial charge in [-0.2, -0.15) is 13.2 Å². The molecule has 0 N–H and O–H groups in total. The molecule has 0 saturated heterocycles. The minimum absolute atomic E-state index is 0.0901. The summed E-state index contributed by atoms with van der Waals surface area (Å²) >= 11 is 0. The van der Waals surface area contributed by atoms with Gasteiger partial charge in [0, 0.05) is 6.54 Å². The summed E-state index contributed by atoms with van der Waals surface area (Å²) in [5.74, 6) is -0.911. The van der Waals surface area contributed by atoms with Crippen LogP contribution in [0.4, 0.5) is 17.6 Å². The van der Waals surface area contributed by atoms with Crippen LogP contribution in [0.3, 0.4) is 0 Å². The maximum Gasteiger partial charge on any atom is 0.406 e. The molecule has 0 fully saturated rings. The van der Waals surface area contributed by atoms with Crippen molar-refractivity contribution < 1.29 is 31.5 Å². The minimum atomic E-state index is -4.53. The van der Waals surface area contributed by atoms with Gasteiger partial charge in [0.05, 0.1) is 26.5 Å². The van der Waals surface area contributed by atoms with E-state index >= 15 is 0 Å². The molecule has 0 aliphatic heterocycles. The van der Waals surface area contributed by atoms with Crippen LogP contribution in [0.25, 0.3) is 0 Å². The molecular weight excluding hydrogens is 368 g/mol. The van der Waals surface area contributed by atoms with Crippen molar-refractivity contribution in [2.75, 3.05) is 27.2 Å². The number of nitrogens with zero attached hydrogens (tertiary/aromatic N) is 2. The Bertz CT molecular complexity index is 748. The summed E-state index contributed by atoms with van der Waals surface area (Å²) in [6.45, 7) is -1.73. The van der Waals surface area contributed by atoms with Crippen LogP contribution >= 0.6 is 0 Å². The van der Waals surface area contributed by atoms with Crippen molar-refractivity contribution in [2.45, 2.75) is 19.3 Å². The maximum absolute atomic E-state index is 13.7. The molecule has 0 bridgehead atoms. The van der Waals surface area contributed by atoms with Gasteiger partial charge in [0.2, 0.25) is 5.91 Å². The largest absolute Gasteiger partial charge is 0.494 e. The number of carbonyl (C=O) groups excluding carboxylic acids is 1. The van der Waals surface area contributed by atoms with E-state index in [0.717, 1.165) is 0 Å². The molecule has 2 rings (SSSR count). The molecule has 1 amide bonds. The highest BCUT2D eigenvalue weighted by Crippen LogP contribution is 2.20. The first-order chi connectivity index (χ1) is 12.7. The molecule has 0 aliphatic carbocycles. The van der Waals surface area contributed by atoms with Crippen LogP contribution in [-0.4, -0.2) is 49.1 Å². The van der Waals surface area contributed by atoms with Crippen LogP contribution < -0.4 is 4.74 Å². The van der Waals surface area contributed by atoms with Gasteiger partial charge in [-0.25, -0.2) is 4.39 Å². The molecule has 1 aromatic heterocycles. The number of furan rings is 1. The summed E-state index contributed by atoms with van der Waals surface area (Å²) in [6.07, 6.45) is -3.20. The van der Waals surface area contributed by atoms with E-state index in [9.17, 15) is 22.4 Å². The molecule has 0 atom stereocenters. The van der Waals surface area contributed by atoms with Gasteiger partial charge < -0.3 is 14.1 Å². The fraction of sp³-hybridized carbons (Fsp3) is 0.389. The van der Waals surface area contributed by atoms with E-state index < -0.39 is 24.4 Å². The fourth-order valence-electron chi connectivity index (χ4n) is 2.55. The highest BCUT2D eigenvalue weighted by Gasteiger charge is 2.33. The second kappa shape index (κ2) is 8.90. The number of likely N-dealkylation sites (N-methyl/N-ethyl adjacent to an activating group) is 1. The van der Waals surface area contributed by atoms with Crippen LogP contribution in [0.1, 0.15) is 11.3 Å². The molecule has 0 saturated carbocycles. The first kappa shape index (κ1) is 20.8. The lowest BCUT2D eigenvalue weighted by Crippen LogP contribution is -2.43. The minimum Gasteiger partial charge on any atom is -0.494 e. The summed E-state index contributed by atoms with van der Waals surface area (Å²) in [5.41, 5.74) is 0.567. The maximum atomic E-state index is 13.7. The fourth-order valence-corrected chi connectivity index (χ4v) is 2.55. The number of carbonyl (C=O) groups is 1. The zero-order valence-electron chi connectivity index (χ0n) is 14.9. The average molecular weight is 388 g/mol. The average Bonchev–Trinajstić information content (AvgIpc) is 3.06. The molecule has 148 valence electrons. The highest BCUT2D eigenvalue weighted by molar-refractivity contribution is 5.78. The lowest BCUT2D eigenvalue weighted by atomic mass is 10.2. The molecule has 27 heavy (non-hydrogen) atoms. The second-order valence-corrected chi connectivity index (χ2v) is 6.09. The van der Waals surface area contributed by atoms with E-state index in [1.165, 1.54) is 42.5 Å². The number of amides is 1. The molecule has 0 unspecified atom stereocenters. The van der Waals surface area contributed by atoms with Crippen LogP contribution in [0, 0.1) is 5.82 Å². The van der Waals surface area contributed by atoms with E-state index in [4.69, 9.17) is 9.15 Å². The lowest BCUT2D eigenvalue weighted by molar-refractivity contribution is -0.163. The quantitative estimate of drug-likeness (QED) is 0.650. The molecular formula is C18H20F4N2O3. The number of methoxy groups -OCH3 is 1. The Kier molecular flexibility index (Phi) is 6.84. The SMILES string of the molecule is COc1ccc(CN(C)CC(=O)N(Cc2ccco2)CC(F)(F)F)cc1F. The number of halogens is 4. The number of hydrogen-bond donors (Lipinski definition) is 0. The van der Waals surface area contributed by atoms with E-state index in [1.807, 2.05) is 0 Å². The summed E-state index contributed by atoms with van der Waals surface area (Å²) in [4.78, 5) is 14.6. The molecule has 9 heteroatoms. The van der Waals surface area contributed by atoms with Crippen molar-refractivity contribution in [1.29, 1.82) is 0 Å². The first-order valence-corrected chi connectivity index (χ1v) is 8.06. The monoisotopic (exact) mass is 388 g/mol. The Hall–Kier alpha value is -2.55. The van der Waals surface area contributed by atoms with Gasteiger partial charge in [-0.1, -0.05) is 6.07 Å². The molecule has 2 aromatic rings. The highest BCUT2D eigenvalue weighted by atomic mass is 19.4. The van der Waals surface area contributed by atoms with Crippen molar-refractivity contribution in [2.24, 2.45) is 0 Å². The van der Waals surface area contributed by atoms with Crippen LogP contribution in [0.2, 0.25) is 0 Å². The standard InChI is InChI=1S/C18H20F4N2O3/c1-23(9-13-5-6-16(26-2)15(19)8-13)11-17(25)24(12-18(20,21)22)10-14-4-3-7-27-14/h3-8H,9-12H2,1-2H3. The third-order valence-electron chi connectivity index (χ3n) is 3.72. The zero-order chi connectivity index (χ0) is 20.0. The molecule has 0 spiro atoms. The molecule has 1 aromatic carbocycles. The molecule has 1 heterocycles. The summed E-state index contributed by atoms with van der Waals surface area (Å²) in [5, 5.41) is 0. The zero-order valence-corrected chi connectivity index (χ0v) is 14.9. The van der Waals surface area contributed by atoms with Crippen molar-refractivity contribution in [3.63, 3.8) is 0 Å². The third kappa shape index (κ3) is 6.59. The van der Waals surface area contributed by atoms with E-state index in [2.05, 4.69) is 0 Å². The first-order valence-electron chi connectivity index (χ1n) is 8.06. The van der Waals surface area contributed by atoms with Gasteiger partial charge in [-0.15, -0.1) is 0 Å². The van der Waals surface area contributed by atoms with Crippen molar-refractivity contribution >= 4 is 5.91 Å². The number of alkyl halides is 3. The Balaban J connectivity index is 2.01. The Morgan fingerprint density at radius 2 is 1.96 bits per heavy atom. The normalized spacial score (nSPS) is 11.7. The van der Waals surface area contributed by atoms with Gasteiger partial charge in [0.15, 0.2) is 11.6 Å². The number of ether oxygens (including phenoxy) is 1. The van der Waals surface area contributed by atoms with Gasteiger partial charge in [-0.05, 0) is 36.9 Å². The van der Waals surface area contributed by atoms with Crippen molar-refractivity contribution in [3.05, 3.63) is 53.7 Å².